The lowest BCUT2D eigenvalue weighted by atomic mass is 10.0. The van der Waals surface area contributed by atoms with Crippen LogP contribution in [0.25, 0.3) is 21.3 Å². The van der Waals surface area contributed by atoms with Crippen LogP contribution in [0, 0.1) is 13.8 Å². The fourth-order valence-electron chi connectivity index (χ4n) is 3.41. The van der Waals surface area contributed by atoms with Gasteiger partial charge in [0.25, 0.3) is 5.56 Å². The number of nitrogens with zero attached hydrogens (tertiary/aromatic N) is 1. The Morgan fingerprint density at radius 2 is 1.83 bits per heavy atom. The number of aromatic nitrogens is 2. The van der Waals surface area contributed by atoms with E-state index >= 15 is 0 Å². The molecule has 30 heavy (non-hydrogen) atoms. The molecule has 0 atom stereocenters. The molecule has 152 valence electrons. The van der Waals surface area contributed by atoms with Gasteiger partial charge in [-0.05, 0) is 37.6 Å². The van der Waals surface area contributed by atoms with Crippen LogP contribution in [-0.2, 0) is 11.3 Å². The predicted molar refractivity (Wildman–Crippen MR) is 123 cm³/mol. The van der Waals surface area contributed by atoms with Crippen molar-refractivity contribution in [3.63, 3.8) is 0 Å². The molecule has 2 aromatic heterocycles. The molecule has 0 aliphatic carbocycles. The molecule has 2 heterocycles. The van der Waals surface area contributed by atoms with E-state index in [2.05, 4.69) is 20.6 Å². The number of anilines is 2. The van der Waals surface area contributed by atoms with Gasteiger partial charge in [0.15, 0.2) is 0 Å². The van der Waals surface area contributed by atoms with Crippen molar-refractivity contribution in [2.45, 2.75) is 27.3 Å². The van der Waals surface area contributed by atoms with Crippen LogP contribution in [0.5, 0.6) is 0 Å². The van der Waals surface area contributed by atoms with Crippen molar-refractivity contribution < 1.29 is 4.79 Å². The molecule has 0 aliphatic rings. The number of fused-ring (bicyclic) bond motifs is 1. The molecule has 1 amide bonds. The monoisotopic (exact) mass is 418 g/mol. The van der Waals surface area contributed by atoms with E-state index in [1.54, 1.807) is 0 Å². The lowest BCUT2D eigenvalue weighted by Crippen LogP contribution is -2.14. The Morgan fingerprint density at radius 1 is 1.10 bits per heavy atom. The van der Waals surface area contributed by atoms with Crippen LogP contribution >= 0.6 is 11.3 Å². The molecule has 0 fully saturated rings. The Morgan fingerprint density at radius 3 is 2.57 bits per heavy atom. The maximum absolute atomic E-state index is 12.9. The van der Waals surface area contributed by atoms with Crippen molar-refractivity contribution in [3.05, 3.63) is 75.1 Å². The van der Waals surface area contributed by atoms with Gasteiger partial charge in [0.1, 0.15) is 10.7 Å². The van der Waals surface area contributed by atoms with E-state index in [1.807, 2.05) is 62.4 Å². The molecule has 7 heteroatoms. The average molecular weight is 419 g/mol. The number of hydrogen-bond donors (Lipinski definition) is 3. The van der Waals surface area contributed by atoms with Gasteiger partial charge in [-0.2, -0.15) is 0 Å². The van der Waals surface area contributed by atoms with Gasteiger partial charge < -0.3 is 15.6 Å². The molecule has 0 bridgehead atoms. The summed E-state index contributed by atoms with van der Waals surface area (Å²) in [5, 5.41) is 6.64. The predicted octanol–water partition coefficient (Wildman–Crippen LogP) is 4.84. The highest BCUT2D eigenvalue weighted by Gasteiger charge is 2.16. The van der Waals surface area contributed by atoms with Gasteiger partial charge >= 0.3 is 0 Å². The third-order valence-corrected chi connectivity index (χ3v) is 5.77. The Hall–Kier alpha value is -3.45. The van der Waals surface area contributed by atoms with Crippen LogP contribution in [0.1, 0.15) is 23.2 Å². The van der Waals surface area contributed by atoms with E-state index < -0.39 is 0 Å². The summed E-state index contributed by atoms with van der Waals surface area (Å²) in [5.74, 6) is 0.440. The summed E-state index contributed by atoms with van der Waals surface area (Å²) in [6, 6.07) is 15.6. The quantitative estimate of drug-likeness (QED) is 0.433. The smallest absolute Gasteiger partial charge is 0.260 e. The summed E-state index contributed by atoms with van der Waals surface area (Å²) in [7, 11) is 0. The zero-order valence-electron chi connectivity index (χ0n) is 17.0. The summed E-state index contributed by atoms with van der Waals surface area (Å²) in [6.45, 7) is 5.90. The number of benzene rings is 2. The first kappa shape index (κ1) is 19.8. The van der Waals surface area contributed by atoms with Crippen molar-refractivity contribution in [1.29, 1.82) is 0 Å². The molecule has 2 aromatic carbocycles. The molecule has 4 aromatic rings. The Kier molecular flexibility index (Phi) is 5.37. The lowest BCUT2D eigenvalue weighted by molar-refractivity contribution is -0.114. The van der Waals surface area contributed by atoms with E-state index in [-0.39, 0.29) is 11.5 Å². The molecule has 0 spiro atoms. The minimum atomic E-state index is -0.135. The number of rotatable bonds is 5. The van der Waals surface area contributed by atoms with E-state index in [9.17, 15) is 9.59 Å². The van der Waals surface area contributed by atoms with Gasteiger partial charge in [0.05, 0.1) is 11.9 Å². The third kappa shape index (κ3) is 4.11. The third-order valence-electron chi connectivity index (χ3n) is 4.77. The number of thiophene rings is 1. The minimum Gasteiger partial charge on any atom is -0.378 e. The Bertz CT molecular complexity index is 1290. The SMILES string of the molecule is CC(=O)Nc1cccc(NCc2nc3sc(C)c(-c4ccc(C)cc4)c3c(=O)[nH]2)c1. The summed E-state index contributed by atoms with van der Waals surface area (Å²) in [6.07, 6.45) is 0. The molecule has 0 aliphatic heterocycles. The summed E-state index contributed by atoms with van der Waals surface area (Å²) < 4.78 is 0. The summed E-state index contributed by atoms with van der Waals surface area (Å²) in [4.78, 5) is 33.5. The zero-order chi connectivity index (χ0) is 21.3. The van der Waals surface area contributed by atoms with Crippen LogP contribution < -0.4 is 16.2 Å². The highest BCUT2D eigenvalue weighted by atomic mass is 32.1. The van der Waals surface area contributed by atoms with Gasteiger partial charge in [-0.15, -0.1) is 11.3 Å². The van der Waals surface area contributed by atoms with Gasteiger partial charge in [-0.1, -0.05) is 35.9 Å². The highest BCUT2D eigenvalue weighted by molar-refractivity contribution is 7.19. The molecule has 6 nitrogen and oxygen atoms in total. The van der Waals surface area contributed by atoms with E-state index in [1.165, 1.54) is 23.8 Å². The molecular weight excluding hydrogens is 396 g/mol. The minimum absolute atomic E-state index is 0.124. The van der Waals surface area contributed by atoms with E-state index in [0.29, 0.717) is 23.4 Å². The first-order valence-corrected chi connectivity index (χ1v) is 10.4. The number of aryl methyl sites for hydroxylation is 2. The fraction of sp³-hybridized carbons (Fsp3) is 0.174. The number of aromatic amines is 1. The first-order chi connectivity index (χ1) is 14.4. The molecule has 3 N–H and O–H groups in total. The lowest BCUT2D eigenvalue weighted by Gasteiger charge is -2.08. The fourth-order valence-corrected chi connectivity index (χ4v) is 4.48. The molecule has 0 radical (unpaired) electrons. The topological polar surface area (TPSA) is 86.9 Å². The van der Waals surface area contributed by atoms with Gasteiger partial charge in [-0.3, -0.25) is 9.59 Å². The van der Waals surface area contributed by atoms with Crippen LogP contribution in [-0.4, -0.2) is 15.9 Å². The van der Waals surface area contributed by atoms with Crippen molar-refractivity contribution >= 4 is 38.8 Å². The second kappa shape index (κ2) is 8.12. The normalized spacial score (nSPS) is 10.9. The number of hydrogen-bond acceptors (Lipinski definition) is 5. The molecule has 4 rings (SSSR count). The van der Waals surface area contributed by atoms with E-state index in [0.717, 1.165) is 26.5 Å². The molecule has 0 saturated heterocycles. The summed E-state index contributed by atoms with van der Waals surface area (Å²) in [5.41, 5.74) is 4.55. The van der Waals surface area contributed by atoms with Crippen molar-refractivity contribution in [2.75, 3.05) is 10.6 Å². The molecular formula is C23H22N4O2S. The Labute approximate surface area is 178 Å². The van der Waals surface area contributed by atoms with Gasteiger partial charge in [-0.25, -0.2) is 4.98 Å². The highest BCUT2D eigenvalue weighted by Crippen LogP contribution is 2.35. The zero-order valence-corrected chi connectivity index (χ0v) is 17.8. The number of H-pyrrole nitrogens is 1. The number of nitrogens with one attached hydrogen (secondary N) is 3. The van der Waals surface area contributed by atoms with E-state index in [4.69, 9.17) is 0 Å². The number of carbonyl (C=O) groups excluding carboxylic acids is 1. The average Bonchev–Trinajstić information content (AvgIpc) is 3.03. The maximum Gasteiger partial charge on any atom is 0.260 e. The van der Waals surface area contributed by atoms with Crippen molar-refractivity contribution in [3.8, 4) is 11.1 Å². The van der Waals surface area contributed by atoms with Gasteiger partial charge in [0, 0.05) is 28.7 Å². The number of carbonyl (C=O) groups is 1. The second-order valence-electron chi connectivity index (χ2n) is 7.21. The largest absolute Gasteiger partial charge is 0.378 e. The maximum atomic E-state index is 12.9. The second-order valence-corrected chi connectivity index (χ2v) is 8.41. The molecule has 0 unspecified atom stereocenters. The molecule has 0 saturated carbocycles. The number of amides is 1. The van der Waals surface area contributed by atoms with Crippen molar-refractivity contribution in [1.82, 2.24) is 9.97 Å². The van der Waals surface area contributed by atoms with Crippen molar-refractivity contribution in [2.24, 2.45) is 0 Å². The standard InChI is InChI=1S/C23H22N4O2S/c1-13-7-9-16(10-8-13)20-14(2)30-23-21(20)22(29)26-19(27-23)12-24-17-5-4-6-18(11-17)25-15(3)28/h4-11,24H,12H2,1-3H3,(H,25,28)(H,26,27,29). The van der Waals surface area contributed by atoms with Crippen LogP contribution in [0.15, 0.2) is 53.3 Å². The summed E-state index contributed by atoms with van der Waals surface area (Å²) >= 11 is 1.53. The van der Waals surface area contributed by atoms with Crippen LogP contribution in [0.2, 0.25) is 0 Å². The Balaban J connectivity index is 1.62. The van der Waals surface area contributed by atoms with Crippen LogP contribution in [0.4, 0.5) is 11.4 Å². The van der Waals surface area contributed by atoms with Gasteiger partial charge in [0.2, 0.25) is 5.91 Å². The first-order valence-electron chi connectivity index (χ1n) is 9.61. The van der Waals surface area contributed by atoms with Crippen LogP contribution in [0.3, 0.4) is 0 Å².